The average Bonchev–Trinajstić information content (AvgIpc) is 2.46. The Labute approximate surface area is 120 Å². The lowest BCUT2D eigenvalue weighted by molar-refractivity contribution is -0.142. The lowest BCUT2D eigenvalue weighted by Gasteiger charge is -2.50. The fraction of sp³-hybridized carbons (Fsp3) is 0.625. The third-order valence-electron chi connectivity index (χ3n) is 4.91. The molecule has 4 heteroatoms. The van der Waals surface area contributed by atoms with Crippen molar-refractivity contribution < 1.29 is 4.79 Å². The third-order valence-corrected chi connectivity index (χ3v) is 4.91. The molecule has 1 atom stereocenters. The minimum Gasteiger partial charge on any atom is -0.339 e. The number of likely N-dealkylation sites (tertiary alicyclic amines) is 2. The van der Waals surface area contributed by atoms with Crippen LogP contribution in [0.5, 0.6) is 0 Å². The zero-order valence-electron chi connectivity index (χ0n) is 12.2. The molecule has 0 bridgehead atoms. The summed E-state index contributed by atoms with van der Waals surface area (Å²) >= 11 is 0. The molecule has 1 aromatic heterocycles. The normalized spacial score (nSPS) is 28.1. The van der Waals surface area contributed by atoms with Gasteiger partial charge in [-0.2, -0.15) is 0 Å². The molecule has 1 amide bonds. The molecule has 3 rings (SSSR count). The zero-order chi connectivity index (χ0) is 14.0. The molecule has 3 heterocycles. The van der Waals surface area contributed by atoms with E-state index in [-0.39, 0.29) is 5.54 Å². The summed E-state index contributed by atoms with van der Waals surface area (Å²) < 4.78 is 0. The van der Waals surface area contributed by atoms with Gasteiger partial charge in [-0.25, -0.2) is 0 Å². The Morgan fingerprint density at radius 1 is 1.25 bits per heavy atom. The fourth-order valence-corrected chi connectivity index (χ4v) is 3.73. The van der Waals surface area contributed by atoms with E-state index in [9.17, 15) is 4.79 Å². The molecule has 0 saturated carbocycles. The second kappa shape index (κ2) is 5.52. The van der Waals surface area contributed by atoms with Gasteiger partial charge in [0.05, 0.1) is 5.54 Å². The molecule has 0 radical (unpaired) electrons. The van der Waals surface area contributed by atoms with Crippen molar-refractivity contribution in [3.05, 3.63) is 30.1 Å². The van der Waals surface area contributed by atoms with E-state index in [1.54, 1.807) is 0 Å². The van der Waals surface area contributed by atoms with Gasteiger partial charge in [-0.05, 0) is 49.9 Å². The van der Waals surface area contributed by atoms with E-state index in [2.05, 4.69) is 22.0 Å². The van der Waals surface area contributed by atoms with Gasteiger partial charge in [-0.15, -0.1) is 0 Å². The van der Waals surface area contributed by atoms with E-state index < -0.39 is 0 Å². The van der Waals surface area contributed by atoms with Crippen LogP contribution in [0.3, 0.4) is 0 Å². The summed E-state index contributed by atoms with van der Waals surface area (Å²) in [5.74, 6) is 0.321. The SMILES string of the molecule is CN1C(=O)CCCC12CCCN(Cc1ccncc1)C2. The zero-order valence-corrected chi connectivity index (χ0v) is 12.2. The second-order valence-corrected chi connectivity index (χ2v) is 6.20. The number of carbonyl (C=O) groups excluding carboxylic acids is 1. The number of pyridine rings is 1. The minimum absolute atomic E-state index is 0.0839. The highest BCUT2D eigenvalue weighted by atomic mass is 16.2. The van der Waals surface area contributed by atoms with E-state index in [0.29, 0.717) is 5.91 Å². The number of hydrogen-bond donors (Lipinski definition) is 0. The van der Waals surface area contributed by atoms with Crippen molar-refractivity contribution in [3.8, 4) is 0 Å². The van der Waals surface area contributed by atoms with Crippen LogP contribution in [0.15, 0.2) is 24.5 Å². The topological polar surface area (TPSA) is 36.4 Å². The summed E-state index contributed by atoms with van der Waals surface area (Å²) in [5, 5.41) is 0. The van der Waals surface area contributed by atoms with Gasteiger partial charge in [0, 0.05) is 39.0 Å². The molecule has 0 N–H and O–H groups in total. The van der Waals surface area contributed by atoms with Crippen molar-refractivity contribution in [1.82, 2.24) is 14.8 Å². The molecule has 0 aliphatic carbocycles. The highest BCUT2D eigenvalue weighted by Gasteiger charge is 2.42. The molecule has 2 saturated heterocycles. The summed E-state index contributed by atoms with van der Waals surface area (Å²) in [6, 6.07) is 4.16. The summed E-state index contributed by atoms with van der Waals surface area (Å²) in [4.78, 5) is 20.6. The monoisotopic (exact) mass is 273 g/mol. The van der Waals surface area contributed by atoms with Crippen LogP contribution in [0, 0.1) is 0 Å². The number of amides is 1. The van der Waals surface area contributed by atoms with Crippen molar-refractivity contribution >= 4 is 5.91 Å². The third kappa shape index (κ3) is 2.57. The van der Waals surface area contributed by atoms with Crippen molar-refractivity contribution in [2.45, 2.75) is 44.2 Å². The van der Waals surface area contributed by atoms with Crippen molar-refractivity contribution in [2.24, 2.45) is 0 Å². The number of hydrogen-bond acceptors (Lipinski definition) is 3. The van der Waals surface area contributed by atoms with Gasteiger partial charge in [-0.1, -0.05) is 0 Å². The van der Waals surface area contributed by atoms with Crippen LogP contribution in [0.1, 0.15) is 37.7 Å². The smallest absolute Gasteiger partial charge is 0.222 e. The van der Waals surface area contributed by atoms with Crippen LogP contribution >= 0.6 is 0 Å². The number of rotatable bonds is 2. The molecular formula is C16H23N3O. The molecule has 2 fully saturated rings. The van der Waals surface area contributed by atoms with E-state index >= 15 is 0 Å². The Morgan fingerprint density at radius 2 is 2.00 bits per heavy atom. The van der Waals surface area contributed by atoms with E-state index in [1.807, 2.05) is 24.3 Å². The summed E-state index contributed by atoms with van der Waals surface area (Å²) in [6.45, 7) is 3.11. The first-order valence-electron chi connectivity index (χ1n) is 7.58. The maximum Gasteiger partial charge on any atom is 0.222 e. The number of aromatic nitrogens is 1. The van der Waals surface area contributed by atoms with E-state index in [4.69, 9.17) is 0 Å². The van der Waals surface area contributed by atoms with Gasteiger partial charge < -0.3 is 4.90 Å². The quantitative estimate of drug-likeness (QED) is 0.827. The van der Waals surface area contributed by atoms with E-state index in [1.165, 1.54) is 12.0 Å². The highest BCUT2D eigenvalue weighted by molar-refractivity contribution is 5.77. The van der Waals surface area contributed by atoms with Crippen LogP contribution in [-0.4, -0.2) is 46.4 Å². The molecule has 2 aliphatic heterocycles. The van der Waals surface area contributed by atoms with Gasteiger partial charge in [-0.3, -0.25) is 14.7 Å². The Kier molecular flexibility index (Phi) is 3.74. The van der Waals surface area contributed by atoms with Crippen LogP contribution in [0.2, 0.25) is 0 Å². The summed E-state index contributed by atoms with van der Waals surface area (Å²) in [6.07, 6.45) is 8.97. The van der Waals surface area contributed by atoms with Crippen LogP contribution < -0.4 is 0 Å². The van der Waals surface area contributed by atoms with Crippen molar-refractivity contribution in [2.75, 3.05) is 20.1 Å². The number of likely N-dealkylation sites (N-methyl/N-ethyl adjacent to an activating group) is 1. The predicted octanol–water partition coefficient (Wildman–Crippen LogP) is 2.06. The maximum absolute atomic E-state index is 12.0. The second-order valence-electron chi connectivity index (χ2n) is 6.20. The lowest BCUT2D eigenvalue weighted by Crippen LogP contribution is -2.60. The molecular weight excluding hydrogens is 250 g/mol. The molecule has 1 spiro atoms. The Hall–Kier alpha value is -1.42. The summed E-state index contributed by atoms with van der Waals surface area (Å²) in [5.41, 5.74) is 1.39. The molecule has 2 aliphatic rings. The van der Waals surface area contributed by atoms with Gasteiger partial charge in [0.2, 0.25) is 5.91 Å². The molecule has 4 nitrogen and oxygen atoms in total. The minimum atomic E-state index is 0.0839. The predicted molar refractivity (Wildman–Crippen MR) is 78.1 cm³/mol. The number of carbonyl (C=O) groups is 1. The van der Waals surface area contributed by atoms with Gasteiger partial charge in [0.1, 0.15) is 0 Å². The first-order valence-corrected chi connectivity index (χ1v) is 7.58. The molecule has 0 aromatic carbocycles. The van der Waals surface area contributed by atoms with Gasteiger partial charge in [0.25, 0.3) is 0 Å². The number of piperidine rings is 2. The highest BCUT2D eigenvalue weighted by Crippen LogP contribution is 2.35. The first kappa shape index (κ1) is 13.6. The van der Waals surface area contributed by atoms with Gasteiger partial charge >= 0.3 is 0 Å². The Bertz CT molecular complexity index is 472. The van der Waals surface area contributed by atoms with Crippen LogP contribution in [0.25, 0.3) is 0 Å². The maximum atomic E-state index is 12.0. The van der Waals surface area contributed by atoms with Crippen molar-refractivity contribution in [3.63, 3.8) is 0 Å². The van der Waals surface area contributed by atoms with Crippen molar-refractivity contribution in [1.29, 1.82) is 0 Å². The number of nitrogens with zero attached hydrogens (tertiary/aromatic N) is 3. The lowest BCUT2D eigenvalue weighted by atomic mass is 9.80. The first-order chi connectivity index (χ1) is 9.70. The van der Waals surface area contributed by atoms with Crippen LogP contribution in [0.4, 0.5) is 0 Å². The standard InChI is InChI=1S/C16H23N3O/c1-18-15(20)4-2-7-16(18)8-3-11-19(13-16)12-14-5-9-17-10-6-14/h5-6,9-10H,2-4,7-8,11-13H2,1H3. The molecule has 1 unspecified atom stereocenters. The average molecular weight is 273 g/mol. The molecule has 1 aromatic rings. The Morgan fingerprint density at radius 3 is 2.80 bits per heavy atom. The summed E-state index contributed by atoms with van der Waals surface area (Å²) in [7, 11) is 2.00. The fourth-order valence-electron chi connectivity index (χ4n) is 3.73. The van der Waals surface area contributed by atoms with E-state index in [0.717, 1.165) is 45.3 Å². The van der Waals surface area contributed by atoms with Crippen LogP contribution in [-0.2, 0) is 11.3 Å². The molecule has 20 heavy (non-hydrogen) atoms. The molecule has 108 valence electrons. The Balaban J connectivity index is 1.71. The van der Waals surface area contributed by atoms with Gasteiger partial charge in [0.15, 0.2) is 0 Å². The largest absolute Gasteiger partial charge is 0.339 e.